The lowest BCUT2D eigenvalue weighted by molar-refractivity contribution is -0.134. The molecule has 1 amide bonds. The Morgan fingerprint density at radius 1 is 1.25 bits per heavy atom. The second-order valence-corrected chi connectivity index (χ2v) is 6.67. The van der Waals surface area contributed by atoms with Crippen LogP contribution in [-0.4, -0.2) is 16.8 Å². The lowest BCUT2D eigenvalue weighted by atomic mass is 9.91. The van der Waals surface area contributed by atoms with Crippen molar-refractivity contribution in [3.8, 4) is 5.75 Å². The molecule has 3 N–H and O–H groups in total. The maximum absolute atomic E-state index is 12.8. The van der Waals surface area contributed by atoms with Crippen LogP contribution in [0.1, 0.15) is 63.1 Å². The molecular weight excluding hydrogens is 306 g/mol. The van der Waals surface area contributed by atoms with Gasteiger partial charge in [0, 0.05) is 22.3 Å². The number of carbonyl (C=O) groups excluding carboxylic acids is 2. The van der Waals surface area contributed by atoms with E-state index in [0.717, 1.165) is 5.56 Å². The molecule has 0 spiro atoms. The summed E-state index contributed by atoms with van der Waals surface area (Å²) < 4.78 is 5.82. The molecule has 0 saturated carbocycles. The summed E-state index contributed by atoms with van der Waals surface area (Å²) in [5.74, 6) is -2.56. The van der Waals surface area contributed by atoms with Crippen molar-refractivity contribution in [1.82, 2.24) is 0 Å². The molecule has 1 heterocycles. The molecule has 2 aromatic rings. The SMILES string of the molecule is CC(C)c1ccc2c(c1)OC1(O)c3ccc(C(N)=O)cc3C(=O)C21. The Hall–Kier alpha value is -2.66. The van der Waals surface area contributed by atoms with Crippen LogP contribution in [0.4, 0.5) is 0 Å². The standard InChI is InChI=1S/C19H17NO4/c1-9(2)10-3-5-12-15(8-10)24-19(23)14-6-4-11(18(20)22)7-13(14)17(21)16(12)19/h3-9,16,23H,1-2H3,(H2,20,22). The lowest BCUT2D eigenvalue weighted by Crippen LogP contribution is -2.32. The molecule has 0 bridgehead atoms. The average molecular weight is 323 g/mol. The maximum Gasteiger partial charge on any atom is 0.250 e. The molecule has 0 fully saturated rings. The Bertz CT molecular complexity index is 902. The van der Waals surface area contributed by atoms with E-state index in [9.17, 15) is 14.7 Å². The molecular formula is C19H17NO4. The average Bonchev–Trinajstić information content (AvgIpc) is 2.95. The van der Waals surface area contributed by atoms with Crippen LogP contribution < -0.4 is 10.5 Å². The number of rotatable bonds is 2. The summed E-state index contributed by atoms with van der Waals surface area (Å²) in [6, 6.07) is 10.1. The Labute approximate surface area is 139 Å². The highest BCUT2D eigenvalue weighted by molar-refractivity contribution is 6.09. The largest absolute Gasteiger partial charge is 0.457 e. The van der Waals surface area contributed by atoms with Crippen molar-refractivity contribution < 1.29 is 19.4 Å². The second-order valence-electron chi connectivity index (χ2n) is 6.67. The topological polar surface area (TPSA) is 89.6 Å². The summed E-state index contributed by atoms with van der Waals surface area (Å²) in [4.78, 5) is 24.2. The number of amides is 1. The first-order valence-corrected chi connectivity index (χ1v) is 7.86. The molecule has 2 aliphatic rings. The van der Waals surface area contributed by atoms with Gasteiger partial charge in [-0.05, 0) is 29.7 Å². The molecule has 1 aliphatic carbocycles. The number of fused-ring (bicyclic) bond motifs is 5. The number of ketones is 1. The number of Topliss-reactive ketones (excluding diaryl/α,β-unsaturated/α-hetero) is 1. The van der Waals surface area contributed by atoms with Gasteiger partial charge in [-0.1, -0.05) is 32.0 Å². The van der Waals surface area contributed by atoms with E-state index in [2.05, 4.69) is 13.8 Å². The Kier molecular flexibility index (Phi) is 2.90. The summed E-state index contributed by atoms with van der Waals surface area (Å²) in [6.07, 6.45) is 0. The van der Waals surface area contributed by atoms with Crippen LogP contribution in [0.2, 0.25) is 0 Å². The number of carbonyl (C=O) groups is 2. The van der Waals surface area contributed by atoms with E-state index in [1.54, 1.807) is 6.07 Å². The fourth-order valence-corrected chi connectivity index (χ4v) is 3.57. The van der Waals surface area contributed by atoms with Gasteiger partial charge in [0.1, 0.15) is 11.7 Å². The fraction of sp³-hybridized carbons (Fsp3) is 0.263. The number of ether oxygens (including phenoxy) is 1. The minimum atomic E-state index is -1.72. The van der Waals surface area contributed by atoms with Gasteiger partial charge in [-0.2, -0.15) is 0 Å². The number of nitrogens with two attached hydrogens (primary N) is 1. The quantitative estimate of drug-likeness (QED) is 0.888. The highest BCUT2D eigenvalue weighted by Crippen LogP contribution is 2.55. The molecule has 5 heteroatoms. The van der Waals surface area contributed by atoms with Gasteiger partial charge < -0.3 is 15.6 Å². The summed E-state index contributed by atoms with van der Waals surface area (Å²) in [5.41, 5.74) is 7.93. The van der Waals surface area contributed by atoms with E-state index in [-0.39, 0.29) is 16.9 Å². The van der Waals surface area contributed by atoms with Gasteiger partial charge >= 0.3 is 0 Å². The maximum atomic E-state index is 12.8. The Morgan fingerprint density at radius 3 is 2.67 bits per heavy atom. The number of primary amides is 1. The van der Waals surface area contributed by atoms with Crippen molar-refractivity contribution in [3.63, 3.8) is 0 Å². The third-order valence-corrected chi connectivity index (χ3v) is 4.89. The van der Waals surface area contributed by atoms with E-state index < -0.39 is 17.6 Å². The molecule has 4 rings (SSSR count). The summed E-state index contributed by atoms with van der Waals surface area (Å²) in [6.45, 7) is 4.13. The molecule has 122 valence electrons. The number of benzene rings is 2. The van der Waals surface area contributed by atoms with Crippen molar-refractivity contribution in [2.24, 2.45) is 5.73 Å². The minimum absolute atomic E-state index is 0.237. The van der Waals surface area contributed by atoms with E-state index in [0.29, 0.717) is 22.8 Å². The van der Waals surface area contributed by atoms with Crippen LogP contribution in [0.5, 0.6) is 5.75 Å². The Morgan fingerprint density at radius 2 is 2.00 bits per heavy atom. The van der Waals surface area contributed by atoms with Crippen molar-refractivity contribution in [2.45, 2.75) is 31.5 Å². The molecule has 2 unspecified atom stereocenters. The normalized spacial score (nSPS) is 23.7. The molecule has 1 aliphatic heterocycles. The van der Waals surface area contributed by atoms with Gasteiger partial charge in [-0.3, -0.25) is 9.59 Å². The predicted octanol–water partition coefficient (Wildman–Crippen LogP) is 2.43. The predicted molar refractivity (Wildman–Crippen MR) is 87.1 cm³/mol. The van der Waals surface area contributed by atoms with E-state index >= 15 is 0 Å². The first-order valence-electron chi connectivity index (χ1n) is 7.86. The van der Waals surface area contributed by atoms with Crippen molar-refractivity contribution in [3.05, 3.63) is 64.2 Å². The fourth-order valence-electron chi connectivity index (χ4n) is 3.57. The van der Waals surface area contributed by atoms with Crippen LogP contribution in [0, 0.1) is 0 Å². The molecule has 2 aromatic carbocycles. The van der Waals surface area contributed by atoms with E-state index in [1.807, 2.05) is 18.2 Å². The zero-order valence-electron chi connectivity index (χ0n) is 13.4. The summed E-state index contributed by atoms with van der Waals surface area (Å²) in [7, 11) is 0. The van der Waals surface area contributed by atoms with Gasteiger partial charge in [-0.25, -0.2) is 0 Å². The highest BCUT2D eigenvalue weighted by Gasteiger charge is 2.59. The van der Waals surface area contributed by atoms with Crippen molar-refractivity contribution >= 4 is 11.7 Å². The van der Waals surface area contributed by atoms with Crippen LogP contribution in [0.25, 0.3) is 0 Å². The minimum Gasteiger partial charge on any atom is -0.457 e. The third-order valence-electron chi connectivity index (χ3n) is 4.89. The smallest absolute Gasteiger partial charge is 0.250 e. The summed E-state index contributed by atoms with van der Waals surface area (Å²) in [5, 5.41) is 11.1. The van der Waals surface area contributed by atoms with Gasteiger partial charge in [0.15, 0.2) is 5.78 Å². The monoisotopic (exact) mass is 323 g/mol. The third kappa shape index (κ3) is 1.79. The van der Waals surface area contributed by atoms with Crippen LogP contribution in [-0.2, 0) is 5.79 Å². The number of hydrogen-bond donors (Lipinski definition) is 2. The van der Waals surface area contributed by atoms with Crippen LogP contribution >= 0.6 is 0 Å². The van der Waals surface area contributed by atoms with Crippen LogP contribution in [0.15, 0.2) is 36.4 Å². The first-order chi connectivity index (χ1) is 11.3. The summed E-state index contributed by atoms with van der Waals surface area (Å²) >= 11 is 0. The lowest BCUT2D eigenvalue weighted by Gasteiger charge is -2.22. The Balaban J connectivity index is 1.86. The van der Waals surface area contributed by atoms with Gasteiger partial charge in [0.05, 0.1) is 0 Å². The van der Waals surface area contributed by atoms with Gasteiger partial charge in [0.25, 0.3) is 0 Å². The van der Waals surface area contributed by atoms with E-state index in [1.165, 1.54) is 12.1 Å². The van der Waals surface area contributed by atoms with Crippen LogP contribution in [0.3, 0.4) is 0 Å². The van der Waals surface area contributed by atoms with Crippen molar-refractivity contribution in [1.29, 1.82) is 0 Å². The number of aliphatic hydroxyl groups is 1. The molecule has 0 aromatic heterocycles. The van der Waals surface area contributed by atoms with E-state index in [4.69, 9.17) is 10.5 Å². The molecule has 0 radical (unpaired) electrons. The molecule has 5 nitrogen and oxygen atoms in total. The number of hydrogen-bond acceptors (Lipinski definition) is 4. The molecule has 0 saturated heterocycles. The first kappa shape index (κ1) is 14.9. The zero-order valence-corrected chi connectivity index (χ0v) is 13.4. The van der Waals surface area contributed by atoms with Gasteiger partial charge in [0.2, 0.25) is 11.7 Å². The van der Waals surface area contributed by atoms with Gasteiger partial charge in [-0.15, -0.1) is 0 Å². The second kappa shape index (κ2) is 4.68. The highest BCUT2D eigenvalue weighted by atomic mass is 16.6. The molecule has 2 atom stereocenters. The van der Waals surface area contributed by atoms with Crippen molar-refractivity contribution in [2.75, 3.05) is 0 Å². The molecule has 24 heavy (non-hydrogen) atoms. The zero-order chi connectivity index (χ0) is 17.2.